The predicted octanol–water partition coefficient (Wildman–Crippen LogP) is 3.04. The van der Waals surface area contributed by atoms with E-state index < -0.39 is 0 Å². The molecule has 1 rings (SSSR count). The molecule has 0 saturated heterocycles. The van der Waals surface area contributed by atoms with Crippen LogP contribution in [-0.2, 0) is 0 Å². The quantitative estimate of drug-likeness (QED) is 0.815. The van der Waals surface area contributed by atoms with Crippen molar-refractivity contribution in [2.75, 3.05) is 7.05 Å². The van der Waals surface area contributed by atoms with E-state index in [0.29, 0.717) is 6.42 Å². The van der Waals surface area contributed by atoms with Crippen molar-refractivity contribution in [3.05, 3.63) is 33.8 Å². The molecule has 1 atom stereocenters. The number of rotatable bonds is 3. The zero-order chi connectivity index (χ0) is 10.6. The minimum absolute atomic E-state index is 0.248. The Kier molecular flexibility index (Phi) is 4.19. The number of nitrogens with one attached hydrogen (secondary N) is 1. The van der Waals surface area contributed by atoms with E-state index in [1.165, 1.54) is 11.1 Å². The molecule has 1 aromatic carbocycles. The summed E-state index contributed by atoms with van der Waals surface area (Å²) in [7, 11) is 1.93. The number of benzene rings is 1. The molecule has 0 heterocycles. The lowest BCUT2D eigenvalue weighted by molar-refractivity contribution is 0.608. The SMILES string of the molecule is C#CCC(NC)c1cccc(Br)c1C. The van der Waals surface area contributed by atoms with E-state index in [0.717, 1.165) is 4.47 Å². The number of hydrogen-bond donors (Lipinski definition) is 1. The Hall–Kier alpha value is -0.780. The zero-order valence-corrected chi connectivity index (χ0v) is 10.1. The van der Waals surface area contributed by atoms with Crippen molar-refractivity contribution >= 4 is 15.9 Å². The fourth-order valence-electron chi connectivity index (χ4n) is 1.49. The van der Waals surface area contributed by atoms with E-state index >= 15 is 0 Å². The largest absolute Gasteiger partial charge is 0.312 e. The molecule has 0 spiro atoms. The molecule has 0 radical (unpaired) electrons. The minimum Gasteiger partial charge on any atom is -0.312 e. The van der Waals surface area contributed by atoms with Gasteiger partial charge in [0.1, 0.15) is 0 Å². The Labute approximate surface area is 94.0 Å². The zero-order valence-electron chi connectivity index (χ0n) is 8.47. The van der Waals surface area contributed by atoms with Crippen LogP contribution in [0.25, 0.3) is 0 Å². The van der Waals surface area contributed by atoms with Crippen molar-refractivity contribution in [3.63, 3.8) is 0 Å². The molecule has 0 aliphatic carbocycles. The highest BCUT2D eigenvalue weighted by atomic mass is 79.9. The molecule has 0 aliphatic heterocycles. The Morgan fingerprint density at radius 3 is 2.86 bits per heavy atom. The van der Waals surface area contributed by atoms with E-state index in [2.05, 4.69) is 40.2 Å². The molecule has 0 amide bonds. The van der Waals surface area contributed by atoms with Crippen LogP contribution in [-0.4, -0.2) is 7.05 Å². The lowest BCUT2D eigenvalue weighted by Gasteiger charge is -2.17. The molecule has 0 saturated carbocycles. The van der Waals surface area contributed by atoms with Gasteiger partial charge in [-0.1, -0.05) is 28.1 Å². The third-order valence-electron chi connectivity index (χ3n) is 2.36. The molecule has 0 bridgehead atoms. The van der Waals surface area contributed by atoms with Gasteiger partial charge in [-0.2, -0.15) is 0 Å². The van der Waals surface area contributed by atoms with Gasteiger partial charge in [0.15, 0.2) is 0 Å². The normalized spacial score (nSPS) is 12.1. The van der Waals surface area contributed by atoms with Gasteiger partial charge in [-0.3, -0.25) is 0 Å². The summed E-state index contributed by atoms with van der Waals surface area (Å²) in [6.45, 7) is 2.10. The van der Waals surface area contributed by atoms with E-state index in [9.17, 15) is 0 Å². The lowest BCUT2D eigenvalue weighted by atomic mass is 9.99. The predicted molar refractivity (Wildman–Crippen MR) is 64.1 cm³/mol. The van der Waals surface area contributed by atoms with E-state index in [4.69, 9.17) is 6.42 Å². The van der Waals surface area contributed by atoms with E-state index in [-0.39, 0.29) is 6.04 Å². The molecule has 2 heteroatoms. The first-order valence-electron chi connectivity index (χ1n) is 4.56. The van der Waals surface area contributed by atoms with Gasteiger partial charge < -0.3 is 5.32 Å². The van der Waals surface area contributed by atoms with Crippen LogP contribution >= 0.6 is 15.9 Å². The second-order valence-electron chi connectivity index (χ2n) is 3.20. The summed E-state index contributed by atoms with van der Waals surface area (Å²) in [4.78, 5) is 0. The molecule has 0 aliphatic rings. The number of hydrogen-bond acceptors (Lipinski definition) is 1. The van der Waals surface area contributed by atoms with Crippen LogP contribution in [0.15, 0.2) is 22.7 Å². The summed E-state index contributed by atoms with van der Waals surface area (Å²) in [6, 6.07) is 6.44. The van der Waals surface area contributed by atoms with Crippen LogP contribution in [0.4, 0.5) is 0 Å². The molecule has 1 aromatic rings. The van der Waals surface area contributed by atoms with Crippen LogP contribution in [0, 0.1) is 19.3 Å². The average molecular weight is 252 g/mol. The summed E-state index contributed by atoms with van der Waals surface area (Å²) < 4.78 is 1.13. The first-order valence-corrected chi connectivity index (χ1v) is 5.35. The summed E-state index contributed by atoms with van der Waals surface area (Å²) in [5, 5.41) is 3.22. The summed E-state index contributed by atoms with van der Waals surface area (Å²) in [5.74, 6) is 2.69. The molecule has 1 unspecified atom stereocenters. The first kappa shape index (κ1) is 11.3. The fraction of sp³-hybridized carbons (Fsp3) is 0.333. The molecule has 0 aromatic heterocycles. The fourth-order valence-corrected chi connectivity index (χ4v) is 1.87. The lowest BCUT2D eigenvalue weighted by Crippen LogP contribution is -2.16. The summed E-state index contributed by atoms with van der Waals surface area (Å²) in [5.41, 5.74) is 2.52. The van der Waals surface area contributed by atoms with Crippen molar-refractivity contribution in [1.82, 2.24) is 5.32 Å². The molecule has 1 N–H and O–H groups in total. The second-order valence-corrected chi connectivity index (χ2v) is 4.06. The van der Waals surface area contributed by atoms with Gasteiger partial charge in [0.2, 0.25) is 0 Å². The van der Waals surface area contributed by atoms with Gasteiger partial charge in [-0.05, 0) is 31.2 Å². The highest BCUT2D eigenvalue weighted by molar-refractivity contribution is 9.10. The molecule has 1 nitrogen and oxygen atoms in total. The monoisotopic (exact) mass is 251 g/mol. The van der Waals surface area contributed by atoms with Crippen LogP contribution < -0.4 is 5.32 Å². The van der Waals surface area contributed by atoms with E-state index in [1.807, 2.05) is 19.2 Å². The van der Waals surface area contributed by atoms with Crippen molar-refractivity contribution in [2.24, 2.45) is 0 Å². The number of terminal acetylenes is 1. The van der Waals surface area contributed by atoms with Crippen LogP contribution in [0.3, 0.4) is 0 Å². The highest BCUT2D eigenvalue weighted by Crippen LogP contribution is 2.25. The maximum atomic E-state index is 5.33. The van der Waals surface area contributed by atoms with Gasteiger partial charge in [0, 0.05) is 16.9 Å². The van der Waals surface area contributed by atoms with Crippen LogP contribution in [0.5, 0.6) is 0 Å². The third-order valence-corrected chi connectivity index (χ3v) is 3.21. The molecule has 0 fully saturated rings. The van der Waals surface area contributed by atoms with E-state index in [1.54, 1.807) is 0 Å². The first-order chi connectivity index (χ1) is 6.70. The average Bonchev–Trinajstić information content (AvgIpc) is 2.19. The van der Waals surface area contributed by atoms with Crippen LogP contribution in [0.1, 0.15) is 23.6 Å². The molecular weight excluding hydrogens is 238 g/mol. The third kappa shape index (κ3) is 2.37. The second kappa shape index (κ2) is 5.19. The standard InChI is InChI=1S/C12H14BrN/c1-4-6-12(14-3)10-7-5-8-11(13)9(10)2/h1,5,7-8,12,14H,6H2,2-3H3. The Morgan fingerprint density at radius 2 is 2.29 bits per heavy atom. The van der Waals surface area contributed by atoms with Gasteiger partial charge in [0.05, 0.1) is 0 Å². The van der Waals surface area contributed by atoms with Gasteiger partial charge in [-0.15, -0.1) is 12.3 Å². The topological polar surface area (TPSA) is 12.0 Å². The maximum absolute atomic E-state index is 5.33. The molecule has 14 heavy (non-hydrogen) atoms. The maximum Gasteiger partial charge on any atom is 0.0431 e. The molecule has 74 valence electrons. The Bertz CT molecular complexity index is 352. The number of halogens is 1. The summed E-state index contributed by atoms with van der Waals surface area (Å²) >= 11 is 3.52. The Morgan fingerprint density at radius 1 is 1.57 bits per heavy atom. The summed E-state index contributed by atoms with van der Waals surface area (Å²) in [6.07, 6.45) is 6.04. The molecular formula is C12H14BrN. The Balaban J connectivity index is 3.05. The van der Waals surface area contributed by atoms with Crippen molar-refractivity contribution in [3.8, 4) is 12.3 Å². The van der Waals surface area contributed by atoms with Crippen molar-refractivity contribution in [1.29, 1.82) is 0 Å². The smallest absolute Gasteiger partial charge is 0.0431 e. The highest BCUT2D eigenvalue weighted by Gasteiger charge is 2.11. The van der Waals surface area contributed by atoms with Gasteiger partial charge in [-0.25, -0.2) is 0 Å². The van der Waals surface area contributed by atoms with Crippen molar-refractivity contribution in [2.45, 2.75) is 19.4 Å². The van der Waals surface area contributed by atoms with Crippen LogP contribution in [0.2, 0.25) is 0 Å². The minimum atomic E-state index is 0.248. The van der Waals surface area contributed by atoms with Crippen molar-refractivity contribution < 1.29 is 0 Å². The van der Waals surface area contributed by atoms with Gasteiger partial charge >= 0.3 is 0 Å². The van der Waals surface area contributed by atoms with Gasteiger partial charge in [0.25, 0.3) is 0 Å².